The van der Waals surface area contributed by atoms with E-state index in [1.165, 1.54) is 31.3 Å². The average molecular weight is 428 g/mol. The van der Waals surface area contributed by atoms with Gasteiger partial charge in [-0.05, 0) is 76.0 Å². The predicted molar refractivity (Wildman–Crippen MR) is 131 cm³/mol. The van der Waals surface area contributed by atoms with Crippen molar-refractivity contribution in [2.45, 2.75) is 33.1 Å². The van der Waals surface area contributed by atoms with Gasteiger partial charge in [0.15, 0.2) is 0 Å². The molecule has 0 spiro atoms. The molecule has 148 valence electrons. The fraction of sp³-hybridized carbons (Fsp3) is 0.192. The lowest BCUT2D eigenvalue weighted by Gasteiger charge is -2.21. The Morgan fingerprint density at radius 2 is 1.83 bits per heavy atom. The number of rotatable bonds is 1. The average Bonchev–Trinajstić information content (AvgIpc) is 3.42. The molecule has 4 heterocycles. The summed E-state index contributed by atoms with van der Waals surface area (Å²) in [6.45, 7) is 9.00. The molecule has 30 heavy (non-hydrogen) atoms. The number of pyridine rings is 1. The zero-order valence-corrected chi connectivity index (χ0v) is 19.0. The van der Waals surface area contributed by atoms with Gasteiger partial charge in [-0.1, -0.05) is 20.8 Å². The van der Waals surface area contributed by atoms with Gasteiger partial charge in [0.2, 0.25) is 0 Å². The summed E-state index contributed by atoms with van der Waals surface area (Å²) in [6.07, 6.45) is 1.87. The van der Waals surface area contributed by atoms with E-state index in [4.69, 9.17) is 9.40 Å². The molecule has 2 nitrogen and oxygen atoms in total. The van der Waals surface area contributed by atoms with Gasteiger partial charge in [0.25, 0.3) is 0 Å². The van der Waals surface area contributed by atoms with Crippen LogP contribution in [0.4, 0.5) is 0 Å². The molecule has 0 saturated heterocycles. The smallest absolute Gasteiger partial charge is 0.144 e. The van der Waals surface area contributed by atoms with E-state index in [9.17, 15) is 0 Å². The molecule has 0 bridgehead atoms. The summed E-state index contributed by atoms with van der Waals surface area (Å²) in [5.41, 5.74) is 6.72. The number of thiophene rings is 2. The van der Waals surface area contributed by atoms with Gasteiger partial charge in [-0.25, -0.2) is 0 Å². The van der Waals surface area contributed by atoms with Crippen LogP contribution in [0, 0.1) is 6.92 Å². The van der Waals surface area contributed by atoms with Crippen LogP contribution >= 0.6 is 22.7 Å². The van der Waals surface area contributed by atoms with Crippen molar-refractivity contribution in [1.82, 2.24) is 4.98 Å². The summed E-state index contributed by atoms with van der Waals surface area (Å²) < 4.78 is 9.04. The summed E-state index contributed by atoms with van der Waals surface area (Å²) in [4.78, 5) is 4.85. The van der Waals surface area contributed by atoms with Crippen molar-refractivity contribution in [2.24, 2.45) is 0 Å². The maximum atomic E-state index is 6.41. The van der Waals surface area contributed by atoms with Crippen LogP contribution in [0.25, 0.3) is 53.4 Å². The van der Waals surface area contributed by atoms with E-state index in [2.05, 4.69) is 68.8 Å². The van der Waals surface area contributed by atoms with Crippen molar-refractivity contribution in [3.8, 4) is 11.3 Å². The van der Waals surface area contributed by atoms with E-state index >= 15 is 0 Å². The first kappa shape index (κ1) is 18.1. The normalized spacial score (nSPS) is 12.7. The Morgan fingerprint density at radius 3 is 2.67 bits per heavy atom. The van der Waals surface area contributed by atoms with Crippen LogP contribution in [-0.4, -0.2) is 4.98 Å². The van der Waals surface area contributed by atoms with E-state index < -0.39 is 0 Å². The number of benzene rings is 2. The molecule has 0 radical (unpaired) electrons. The first-order valence-electron chi connectivity index (χ1n) is 10.1. The lowest BCUT2D eigenvalue weighted by Crippen LogP contribution is -2.11. The Labute approximate surface area is 182 Å². The SMILES string of the molecule is Cc1csc2ccc3c(oc4ccnc(-c5cc(C(C)(C)C)c6sccc6c5)c43)c12. The molecule has 0 aliphatic heterocycles. The second-order valence-corrected chi connectivity index (χ2v) is 10.8. The highest BCUT2D eigenvalue weighted by atomic mass is 32.1. The monoisotopic (exact) mass is 427 g/mol. The van der Waals surface area contributed by atoms with Crippen molar-refractivity contribution in [3.63, 3.8) is 0 Å². The third-order valence-corrected chi connectivity index (χ3v) is 7.93. The number of aryl methyl sites for hydroxylation is 1. The van der Waals surface area contributed by atoms with Gasteiger partial charge >= 0.3 is 0 Å². The van der Waals surface area contributed by atoms with E-state index in [-0.39, 0.29) is 5.41 Å². The Hall–Kier alpha value is -2.69. The van der Waals surface area contributed by atoms with Crippen LogP contribution in [0.1, 0.15) is 31.9 Å². The van der Waals surface area contributed by atoms with Crippen molar-refractivity contribution < 1.29 is 4.42 Å². The van der Waals surface area contributed by atoms with E-state index in [0.717, 1.165) is 33.2 Å². The van der Waals surface area contributed by atoms with Crippen LogP contribution in [-0.2, 0) is 5.41 Å². The van der Waals surface area contributed by atoms with Crippen LogP contribution < -0.4 is 0 Å². The fourth-order valence-corrected chi connectivity index (χ4v) is 6.49. The molecule has 6 rings (SSSR count). The zero-order chi connectivity index (χ0) is 20.6. The standard InChI is InChI=1S/C26H21NOS2/c1-14-13-30-20-6-5-17-22-19(28-24(17)21(14)20)7-9-27-23(22)16-11-15-8-10-29-25(15)18(12-16)26(2,3)4/h5-13H,1-4H3. The lowest BCUT2D eigenvalue weighted by molar-refractivity contribution is 0.597. The van der Waals surface area contributed by atoms with Crippen LogP contribution in [0.5, 0.6) is 0 Å². The third-order valence-electron chi connectivity index (χ3n) is 5.90. The highest BCUT2D eigenvalue weighted by molar-refractivity contribution is 7.17. The number of aromatic nitrogens is 1. The summed E-state index contributed by atoms with van der Waals surface area (Å²) in [5.74, 6) is 0. The van der Waals surface area contributed by atoms with Crippen LogP contribution in [0.2, 0.25) is 0 Å². The van der Waals surface area contributed by atoms with Gasteiger partial charge < -0.3 is 4.42 Å². The molecule has 0 aliphatic carbocycles. The minimum atomic E-state index is 0.0609. The number of fused-ring (bicyclic) bond motifs is 6. The maximum absolute atomic E-state index is 6.41. The minimum absolute atomic E-state index is 0.0609. The molecule has 4 aromatic heterocycles. The molecule has 0 amide bonds. The molecule has 0 saturated carbocycles. The largest absolute Gasteiger partial charge is 0.455 e. The number of hydrogen-bond acceptors (Lipinski definition) is 4. The number of hydrogen-bond donors (Lipinski definition) is 0. The fourth-order valence-electron chi connectivity index (χ4n) is 4.44. The third kappa shape index (κ3) is 2.50. The molecule has 0 unspecified atom stereocenters. The Bertz CT molecular complexity index is 1590. The molecule has 0 atom stereocenters. The summed E-state index contributed by atoms with van der Waals surface area (Å²) in [6, 6.07) is 13.2. The van der Waals surface area contributed by atoms with Crippen molar-refractivity contribution in [1.29, 1.82) is 0 Å². The second-order valence-electron chi connectivity index (χ2n) is 8.98. The second kappa shape index (κ2) is 6.16. The summed E-state index contributed by atoms with van der Waals surface area (Å²) in [7, 11) is 0. The van der Waals surface area contributed by atoms with Crippen molar-refractivity contribution in [3.05, 3.63) is 64.5 Å². The van der Waals surface area contributed by atoms with Crippen molar-refractivity contribution in [2.75, 3.05) is 0 Å². The zero-order valence-electron chi connectivity index (χ0n) is 17.4. The Morgan fingerprint density at radius 1 is 0.967 bits per heavy atom. The number of nitrogens with zero attached hydrogens (tertiary/aromatic N) is 1. The molecule has 2 aromatic carbocycles. The van der Waals surface area contributed by atoms with Gasteiger partial charge in [0, 0.05) is 31.9 Å². The molecule has 0 aliphatic rings. The molecular formula is C26H21NOS2. The highest BCUT2D eigenvalue weighted by Gasteiger charge is 2.22. The Balaban J connectivity index is 1.73. The quantitative estimate of drug-likeness (QED) is 0.262. The van der Waals surface area contributed by atoms with E-state index in [0.29, 0.717) is 0 Å². The van der Waals surface area contributed by atoms with Crippen molar-refractivity contribution >= 4 is 64.8 Å². The van der Waals surface area contributed by atoms with Gasteiger partial charge in [-0.2, -0.15) is 0 Å². The summed E-state index contributed by atoms with van der Waals surface area (Å²) in [5, 5.41) is 9.14. The lowest BCUT2D eigenvalue weighted by atomic mass is 9.85. The van der Waals surface area contributed by atoms with Gasteiger partial charge in [0.1, 0.15) is 11.2 Å². The maximum Gasteiger partial charge on any atom is 0.144 e. The first-order valence-corrected chi connectivity index (χ1v) is 11.9. The van der Waals surface area contributed by atoms with E-state index in [1.54, 1.807) is 11.3 Å². The Kier molecular flexibility index (Phi) is 3.72. The minimum Gasteiger partial charge on any atom is -0.455 e. The molecular weight excluding hydrogens is 406 g/mol. The van der Waals surface area contributed by atoms with Gasteiger partial charge in [-0.3, -0.25) is 4.98 Å². The highest BCUT2D eigenvalue weighted by Crippen LogP contribution is 2.43. The molecule has 0 fully saturated rings. The van der Waals surface area contributed by atoms with Crippen LogP contribution in [0.3, 0.4) is 0 Å². The first-order chi connectivity index (χ1) is 14.4. The van der Waals surface area contributed by atoms with Gasteiger partial charge in [-0.15, -0.1) is 22.7 Å². The number of furan rings is 1. The predicted octanol–water partition coefficient (Wildman–Crippen LogP) is 8.68. The van der Waals surface area contributed by atoms with E-state index in [1.807, 2.05) is 23.6 Å². The summed E-state index contributed by atoms with van der Waals surface area (Å²) >= 11 is 3.59. The topological polar surface area (TPSA) is 26.0 Å². The molecule has 4 heteroatoms. The van der Waals surface area contributed by atoms with Crippen LogP contribution in [0.15, 0.2) is 57.8 Å². The molecule has 6 aromatic rings. The molecule has 0 N–H and O–H groups in total. The van der Waals surface area contributed by atoms with Gasteiger partial charge in [0.05, 0.1) is 11.1 Å².